The Morgan fingerprint density at radius 2 is 1.27 bits per heavy atom. The zero-order valence-electron chi connectivity index (χ0n) is 32.4. The van der Waals surface area contributed by atoms with Crippen molar-refractivity contribution < 1.29 is 0 Å². The lowest BCUT2D eigenvalue weighted by atomic mass is 9.82. The van der Waals surface area contributed by atoms with Crippen molar-refractivity contribution in [1.82, 2.24) is 0 Å². The Morgan fingerprint density at radius 1 is 0.509 bits per heavy atom. The average molecular weight is 714 g/mol. The van der Waals surface area contributed by atoms with E-state index in [1.165, 1.54) is 135 Å². The number of anilines is 3. The molecule has 272 valence electrons. The van der Waals surface area contributed by atoms with Gasteiger partial charge in [-0.2, -0.15) is 0 Å². The molecular weight excluding hydrogens is 663 g/mol. The summed E-state index contributed by atoms with van der Waals surface area (Å²) in [4.78, 5) is 2.55. The van der Waals surface area contributed by atoms with E-state index >= 15 is 0 Å². The number of rotatable bonds is 6. The molecule has 4 aliphatic carbocycles. The van der Waals surface area contributed by atoms with Gasteiger partial charge in [0.15, 0.2) is 0 Å². The molecule has 1 nitrogen and oxygen atoms in total. The summed E-state index contributed by atoms with van der Waals surface area (Å²) in [6.07, 6.45) is 12.4. The van der Waals surface area contributed by atoms with Gasteiger partial charge in [0.2, 0.25) is 0 Å². The molecule has 0 heterocycles. The van der Waals surface area contributed by atoms with Crippen molar-refractivity contribution in [2.24, 2.45) is 11.8 Å². The minimum atomic E-state index is -0.118. The lowest BCUT2D eigenvalue weighted by Crippen LogP contribution is -2.17. The molecule has 1 heteroatoms. The molecule has 11 rings (SSSR count). The summed E-state index contributed by atoms with van der Waals surface area (Å²) in [7, 11) is 0. The maximum absolute atomic E-state index is 2.55. The number of nitrogens with zero attached hydrogens (tertiary/aromatic N) is 1. The Bertz CT molecular complexity index is 2580. The van der Waals surface area contributed by atoms with Gasteiger partial charge in [-0.25, -0.2) is 0 Å². The highest BCUT2D eigenvalue weighted by atomic mass is 15.1. The van der Waals surface area contributed by atoms with Crippen LogP contribution >= 0.6 is 0 Å². The minimum absolute atomic E-state index is 0.118. The summed E-state index contributed by atoms with van der Waals surface area (Å²) >= 11 is 0. The maximum Gasteiger partial charge on any atom is 0.0540 e. The van der Waals surface area contributed by atoms with Gasteiger partial charge in [-0.05, 0) is 159 Å². The van der Waals surface area contributed by atoms with Crippen LogP contribution in [0.4, 0.5) is 17.1 Å². The fourth-order valence-corrected chi connectivity index (χ4v) is 11.5. The highest BCUT2D eigenvalue weighted by Crippen LogP contribution is 2.54. The molecule has 7 aromatic rings. The van der Waals surface area contributed by atoms with Crippen molar-refractivity contribution in [3.05, 3.63) is 162 Å². The highest BCUT2D eigenvalue weighted by molar-refractivity contribution is 6.00. The molecule has 0 radical (unpaired) electrons. The van der Waals surface area contributed by atoms with Crippen molar-refractivity contribution in [2.45, 2.75) is 88.9 Å². The molecule has 0 saturated heterocycles. The van der Waals surface area contributed by atoms with E-state index in [0.29, 0.717) is 5.92 Å². The predicted octanol–water partition coefficient (Wildman–Crippen LogP) is 15.4. The van der Waals surface area contributed by atoms with Crippen molar-refractivity contribution in [2.75, 3.05) is 4.90 Å². The van der Waals surface area contributed by atoms with Gasteiger partial charge in [0.05, 0.1) is 5.69 Å². The smallest absolute Gasteiger partial charge is 0.0540 e. The first-order valence-electron chi connectivity index (χ1n) is 21.2. The van der Waals surface area contributed by atoms with E-state index < -0.39 is 0 Å². The molecule has 4 aliphatic rings. The second kappa shape index (κ2) is 13.0. The molecule has 0 amide bonds. The second-order valence-corrected chi connectivity index (χ2v) is 18.0. The van der Waals surface area contributed by atoms with E-state index in [1.807, 2.05) is 0 Å². The highest BCUT2D eigenvalue weighted by Gasteiger charge is 2.40. The van der Waals surface area contributed by atoms with E-state index in [1.54, 1.807) is 5.56 Å². The number of hydrogen-bond acceptors (Lipinski definition) is 1. The maximum atomic E-state index is 2.55. The van der Waals surface area contributed by atoms with E-state index in [-0.39, 0.29) is 5.41 Å². The van der Waals surface area contributed by atoms with Crippen LogP contribution in [0.15, 0.2) is 140 Å². The first-order valence-corrected chi connectivity index (χ1v) is 21.2. The average Bonchev–Trinajstić information content (AvgIpc) is 3.94. The minimum Gasteiger partial charge on any atom is -0.310 e. The Morgan fingerprint density at radius 3 is 2.09 bits per heavy atom. The summed E-state index contributed by atoms with van der Waals surface area (Å²) in [5, 5.41) is 5.24. The molecule has 3 unspecified atom stereocenters. The van der Waals surface area contributed by atoms with Crippen molar-refractivity contribution in [3.8, 4) is 22.3 Å². The van der Waals surface area contributed by atoms with Crippen LogP contribution in [0, 0.1) is 11.8 Å². The van der Waals surface area contributed by atoms with Crippen LogP contribution in [0.2, 0.25) is 0 Å². The van der Waals surface area contributed by atoms with E-state index in [2.05, 4.69) is 158 Å². The summed E-state index contributed by atoms with van der Waals surface area (Å²) in [5.41, 5.74) is 14.7. The molecule has 0 spiro atoms. The summed E-state index contributed by atoms with van der Waals surface area (Å²) in [6, 6.07) is 54.1. The quantitative estimate of drug-likeness (QED) is 0.166. The normalized spacial score (nSPS) is 21.2. The molecule has 0 aliphatic heterocycles. The monoisotopic (exact) mass is 713 g/mol. The zero-order chi connectivity index (χ0) is 36.7. The van der Waals surface area contributed by atoms with Crippen molar-refractivity contribution >= 4 is 38.6 Å². The lowest BCUT2D eigenvalue weighted by Gasteiger charge is -2.30. The van der Waals surface area contributed by atoms with Crippen LogP contribution in [0.1, 0.15) is 106 Å². The summed E-state index contributed by atoms with van der Waals surface area (Å²) in [6.45, 7) is 4.83. The van der Waals surface area contributed by atoms with Gasteiger partial charge in [-0.15, -0.1) is 0 Å². The standard InChI is InChI=1S/C54H51N/c1-54(2)51-28-22-42(41-18-17-37-11-6-7-12-39(37)31-41)33-50(51)48-27-25-46(34-52(48)54)55(45-23-19-38(20-24-45)49-30-35-15-16-44(49)29-35)53-14-8-13-43-32-40(21-26-47(43)53)36-9-4-3-5-10-36/h6-8,11-14,17-28,31-36,44,49H,3-5,9-10,15-16,29-30H2,1-2H3. The predicted molar refractivity (Wildman–Crippen MR) is 233 cm³/mol. The molecule has 3 fully saturated rings. The van der Waals surface area contributed by atoms with Crippen LogP contribution < -0.4 is 4.90 Å². The largest absolute Gasteiger partial charge is 0.310 e. The van der Waals surface area contributed by atoms with Crippen molar-refractivity contribution in [3.63, 3.8) is 0 Å². The van der Waals surface area contributed by atoms with Gasteiger partial charge in [0.1, 0.15) is 0 Å². The summed E-state index contributed by atoms with van der Waals surface area (Å²) in [5.74, 6) is 3.25. The first kappa shape index (κ1) is 33.2. The van der Waals surface area contributed by atoms with Gasteiger partial charge in [0, 0.05) is 22.2 Å². The van der Waals surface area contributed by atoms with Gasteiger partial charge in [-0.1, -0.05) is 137 Å². The fourth-order valence-electron chi connectivity index (χ4n) is 11.5. The molecule has 3 atom stereocenters. The second-order valence-electron chi connectivity index (χ2n) is 18.0. The van der Waals surface area contributed by atoms with Gasteiger partial charge < -0.3 is 4.90 Å². The molecule has 0 aromatic heterocycles. The SMILES string of the molecule is CC1(C)c2ccc(-c3ccc4ccccc4c3)cc2-c2ccc(N(c3ccc(C4CC5CCC4C5)cc3)c3cccc4cc(C5CCCCC5)ccc34)cc21. The Hall–Kier alpha value is -5.14. The van der Waals surface area contributed by atoms with Gasteiger partial charge in [0.25, 0.3) is 0 Å². The third kappa shape index (κ3) is 5.56. The third-order valence-electron chi connectivity index (χ3n) is 14.5. The van der Waals surface area contributed by atoms with E-state index in [0.717, 1.165) is 17.8 Å². The fraction of sp³-hybridized carbons (Fsp3) is 0.296. The van der Waals surface area contributed by atoms with Crippen LogP contribution in [0.5, 0.6) is 0 Å². The van der Waals surface area contributed by atoms with Crippen molar-refractivity contribution in [1.29, 1.82) is 0 Å². The third-order valence-corrected chi connectivity index (χ3v) is 14.5. The van der Waals surface area contributed by atoms with Crippen LogP contribution in [-0.4, -0.2) is 0 Å². The molecule has 7 aromatic carbocycles. The molecule has 2 bridgehead atoms. The topological polar surface area (TPSA) is 3.24 Å². The Balaban J connectivity index is 1.02. The molecule has 3 saturated carbocycles. The van der Waals surface area contributed by atoms with Crippen LogP contribution in [0.3, 0.4) is 0 Å². The lowest BCUT2D eigenvalue weighted by molar-refractivity contribution is 0.420. The zero-order valence-corrected chi connectivity index (χ0v) is 32.4. The molecular formula is C54H51N. The van der Waals surface area contributed by atoms with E-state index in [4.69, 9.17) is 0 Å². The number of benzene rings is 7. The summed E-state index contributed by atoms with van der Waals surface area (Å²) < 4.78 is 0. The molecule has 55 heavy (non-hydrogen) atoms. The Kier molecular flexibility index (Phi) is 7.84. The number of fused-ring (bicyclic) bond motifs is 7. The van der Waals surface area contributed by atoms with E-state index in [9.17, 15) is 0 Å². The van der Waals surface area contributed by atoms with Gasteiger partial charge >= 0.3 is 0 Å². The number of hydrogen-bond donors (Lipinski definition) is 0. The first-order chi connectivity index (χ1) is 27.0. The van der Waals surface area contributed by atoms with Gasteiger partial charge in [-0.3, -0.25) is 0 Å². The van der Waals surface area contributed by atoms with Crippen LogP contribution in [0.25, 0.3) is 43.8 Å². The van der Waals surface area contributed by atoms with Crippen LogP contribution in [-0.2, 0) is 5.41 Å². The molecule has 0 N–H and O–H groups in total. The Labute approximate surface area is 327 Å².